The van der Waals surface area contributed by atoms with E-state index in [2.05, 4.69) is 0 Å². The van der Waals surface area contributed by atoms with Gasteiger partial charge >= 0.3 is 0 Å². The number of nitrogens with two attached hydrogens (primary N) is 1. The van der Waals surface area contributed by atoms with E-state index in [1.165, 1.54) is 12.1 Å². The summed E-state index contributed by atoms with van der Waals surface area (Å²) in [7, 11) is 0. The highest BCUT2D eigenvalue weighted by molar-refractivity contribution is 5.27. The van der Waals surface area contributed by atoms with Crippen LogP contribution in [0, 0.1) is 5.82 Å². The van der Waals surface area contributed by atoms with Gasteiger partial charge in [0.05, 0.1) is 19.3 Å². The van der Waals surface area contributed by atoms with Crippen LogP contribution in [0.5, 0.6) is 0 Å². The molecule has 3 nitrogen and oxygen atoms in total. The molecule has 0 spiro atoms. The van der Waals surface area contributed by atoms with E-state index in [9.17, 15) is 4.39 Å². The van der Waals surface area contributed by atoms with E-state index < -0.39 is 0 Å². The molecular formula is C13H20FNO2. The Labute approximate surface area is 102 Å². The molecule has 0 bridgehead atoms. The average Bonchev–Trinajstić information content (AvgIpc) is 2.34. The highest BCUT2D eigenvalue weighted by Crippen LogP contribution is 2.13. The molecule has 1 aromatic carbocycles. The predicted molar refractivity (Wildman–Crippen MR) is 65.0 cm³/mol. The molecule has 0 radical (unpaired) electrons. The molecule has 4 heteroatoms. The van der Waals surface area contributed by atoms with Gasteiger partial charge in [-0.1, -0.05) is 6.07 Å². The Morgan fingerprint density at radius 3 is 2.76 bits per heavy atom. The summed E-state index contributed by atoms with van der Waals surface area (Å²) in [6.07, 6.45) is 0.0191. The summed E-state index contributed by atoms with van der Waals surface area (Å²) in [4.78, 5) is 0. The smallest absolute Gasteiger partial charge is 0.123 e. The van der Waals surface area contributed by atoms with Gasteiger partial charge in [0.1, 0.15) is 5.82 Å². The van der Waals surface area contributed by atoms with Crippen LogP contribution in [0.15, 0.2) is 18.2 Å². The van der Waals surface area contributed by atoms with E-state index in [-0.39, 0.29) is 11.9 Å². The van der Waals surface area contributed by atoms with Crippen molar-refractivity contribution in [2.75, 3.05) is 13.2 Å². The Bertz CT molecular complexity index is 344. The van der Waals surface area contributed by atoms with Crippen molar-refractivity contribution in [2.45, 2.75) is 33.1 Å². The SMILES string of the molecule is CCOCC(C)OCc1ccc(F)cc1CN. The summed E-state index contributed by atoms with van der Waals surface area (Å²) in [5.74, 6) is -0.267. The van der Waals surface area contributed by atoms with Gasteiger partial charge in [-0.15, -0.1) is 0 Å². The molecule has 1 aromatic rings. The zero-order valence-electron chi connectivity index (χ0n) is 10.4. The lowest BCUT2D eigenvalue weighted by Crippen LogP contribution is -2.16. The van der Waals surface area contributed by atoms with Crippen molar-refractivity contribution in [1.82, 2.24) is 0 Å². The third-order valence-corrected chi connectivity index (χ3v) is 2.47. The van der Waals surface area contributed by atoms with Crippen LogP contribution in [0.2, 0.25) is 0 Å². The Balaban J connectivity index is 2.50. The minimum Gasteiger partial charge on any atom is -0.379 e. The van der Waals surface area contributed by atoms with E-state index in [4.69, 9.17) is 15.2 Å². The quantitative estimate of drug-likeness (QED) is 0.796. The molecule has 0 saturated carbocycles. The monoisotopic (exact) mass is 241 g/mol. The molecule has 0 aliphatic rings. The van der Waals surface area contributed by atoms with Gasteiger partial charge in [-0.25, -0.2) is 4.39 Å². The highest BCUT2D eigenvalue weighted by Gasteiger charge is 2.06. The fourth-order valence-electron chi connectivity index (χ4n) is 1.49. The summed E-state index contributed by atoms with van der Waals surface area (Å²) in [5.41, 5.74) is 7.27. The van der Waals surface area contributed by atoms with Gasteiger partial charge in [0.25, 0.3) is 0 Å². The molecule has 0 heterocycles. The molecule has 1 unspecified atom stereocenters. The summed E-state index contributed by atoms with van der Waals surface area (Å²) in [6, 6.07) is 4.59. The van der Waals surface area contributed by atoms with Crippen molar-refractivity contribution < 1.29 is 13.9 Å². The van der Waals surface area contributed by atoms with E-state index in [0.29, 0.717) is 26.4 Å². The van der Waals surface area contributed by atoms with Crippen molar-refractivity contribution in [3.63, 3.8) is 0 Å². The van der Waals surface area contributed by atoms with E-state index >= 15 is 0 Å². The number of hydrogen-bond donors (Lipinski definition) is 1. The summed E-state index contributed by atoms with van der Waals surface area (Å²) >= 11 is 0. The normalized spacial score (nSPS) is 12.7. The fourth-order valence-corrected chi connectivity index (χ4v) is 1.49. The summed E-state index contributed by atoms with van der Waals surface area (Å²) < 4.78 is 23.8. The molecule has 0 aliphatic heterocycles. The number of ether oxygens (including phenoxy) is 2. The van der Waals surface area contributed by atoms with E-state index in [1.807, 2.05) is 13.8 Å². The van der Waals surface area contributed by atoms with Gasteiger partial charge in [-0.05, 0) is 37.1 Å². The average molecular weight is 241 g/mol. The molecule has 2 N–H and O–H groups in total. The van der Waals surface area contributed by atoms with Crippen molar-refractivity contribution in [2.24, 2.45) is 5.73 Å². The molecule has 1 atom stereocenters. The van der Waals surface area contributed by atoms with E-state index in [0.717, 1.165) is 11.1 Å². The Morgan fingerprint density at radius 2 is 2.12 bits per heavy atom. The number of hydrogen-bond acceptors (Lipinski definition) is 3. The standard InChI is InChI=1S/C13H20FNO2/c1-3-16-8-10(2)17-9-11-4-5-13(14)6-12(11)7-15/h4-6,10H,3,7-9,15H2,1-2H3. The van der Waals surface area contributed by atoms with Crippen LogP contribution in [-0.2, 0) is 22.6 Å². The molecule has 0 fully saturated rings. The maximum Gasteiger partial charge on any atom is 0.123 e. The van der Waals surface area contributed by atoms with Gasteiger partial charge in [0.15, 0.2) is 0 Å². The van der Waals surface area contributed by atoms with Gasteiger partial charge in [-0.3, -0.25) is 0 Å². The maximum atomic E-state index is 13.0. The minimum atomic E-state index is -0.267. The molecule has 96 valence electrons. The second-order valence-electron chi connectivity index (χ2n) is 3.90. The van der Waals surface area contributed by atoms with Crippen LogP contribution in [0.25, 0.3) is 0 Å². The van der Waals surface area contributed by atoms with Crippen LogP contribution >= 0.6 is 0 Å². The Morgan fingerprint density at radius 1 is 1.35 bits per heavy atom. The van der Waals surface area contributed by atoms with Gasteiger partial charge in [-0.2, -0.15) is 0 Å². The lowest BCUT2D eigenvalue weighted by Gasteiger charge is -2.14. The van der Waals surface area contributed by atoms with Gasteiger partial charge in [0.2, 0.25) is 0 Å². The number of rotatable bonds is 7. The third-order valence-electron chi connectivity index (χ3n) is 2.47. The van der Waals surface area contributed by atoms with Crippen LogP contribution in [-0.4, -0.2) is 19.3 Å². The molecular weight excluding hydrogens is 221 g/mol. The largest absolute Gasteiger partial charge is 0.379 e. The lowest BCUT2D eigenvalue weighted by molar-refractivity contribution is -0.0118. The first-order valence-corrected chi connectivity index (χ1v) is 5.84. The van der Waals surface area contributed by atoms with E-state index in [1.54, 1.807) is 6.07 Å². The second kappa shape index (κ2) is 7.37. The first kappa shape index (κ1) is 14.1. The zero-order valence-corrected chi connectivity index (χ0v) is 10.4. The van der Waals surface area contributed by atoms with Crippen LogP contribution in [0.4, 0.5) is 4.39 Å². The van der Waals surface area contributed by atoms with Crippen LogP contribution in [0.3, 0.4) is 0 Å². The molecule has 0 amide bonds. The second-order valence-corrected chi connectivity index (χ2v) is 3.90. The number of halogens is 1. The first-order chi connectivity index (χ1) is 8.17. The maximum absolute atomic E-state index is 13.0. The van der Waals surface area contributed by atoms with Crippen molar-refractivity contribution in [3.8, 4) is 0 Å². The molecule has 0 aromatic heterocycles. The topological polar surface area (TPSA) is 44.5 Å². The van der Waals surface area contributed by atoms with Gasteiger partial charge < -0.3 is 15.2 Å². The molecule has 0 aliphatic carbocycles. The van der Waals surface area contributed by atoms with Crippen LogP contribution < -0.4 is 5.73 Å². The molecule has 17 heavy (non-hydrogen) atoms. The lowest BCUT2D eigenvalue weighted by atomic mass is 10.1. The fraction of sp³-hybridized carbons (Fsp3) is 0.538. The summed E-state index contributed by atoms with van der Waals surface area (Å²) in [5, 5.41) is 0. The number of benzene rings is 1. The third kappa shape index (κ3) is 4.81. The Hall–Kier alpha value is -0.970. The summed E-state index contributed by atoms with van der Waals surface area (Å²) in [6.45, 7) is 5.88. The predicted octanol–water partition coefficient (Wildman–Crippen LogP) is 2.23. The highest BCUT2D eigenvalue weighted by atomic mass is 19.1. The van der Waals surface area contributed by atoms with Gasteiger partial charge in [0, 0.05) is 13.2 Å². The minimum absolute atomic E-state index is 0.0191. The van der Waals surface area contributed by atoms with Crippen LogP contribution in [0.1, 0.15) is 25.0 Å². The first-order valence-electron chi connectivity index (χ1n) is 5.84. The Kier molecular flexibility index (Phi) is 6.11. The van der Waals surface area contributed by atoms with Crippen molar-refractivity contribution in [3.05, 3.63) is 35.1 Å². The zero-order chi connectivity index (χ0) is 12.7. The van der Waals surface area contributed by atoms with Crippen molar-refractivity contribution in [1.29, 1.82) is 0 Å². The van der Waals surface area contributed by atoms with Crippen molar-refractivity contribution >= 4 is 0 Å². The molecule has 1 rings (SSSR count). The molecule has 0 saturated heterocycles.